The Hall–Kier alpha value is -0.870. The van der Waals surface area contributed by atoms with E-state index in [9.17, 15) is 4.79 Å². The largest absolute Gasteiger partial charge is 0.461 e. The van der Waals surface area contributed by atoms with E-state index in [1.165, 1.54) is 30.8 Å². The number of esters is 1. The molecule has 4 rings (SSSR count). The van der Waals surface area contributed by atoms with Crippen molar-refractivity contribution in [2.45, 2.75) is 36.4 Å². The highest BCUT2D eigenvalue weighted by molar-refractivity contribution is 8.18. The molecule has 24 heavy (non-hydrogen) atoms. The lowest BCUT2D eigenvalue weighted by Crippen LogP contribution is -2.30. The predicted molar refractivity (Wildman–Crippen MR) is 102 cm³/mol. The van der Waals surface area contributed by atoms with Crippen molar-refractivity contribution < 1.29 is 9.53 Å². The lowest BCUT2D eigenvalue weighted by Gasteiger charge is -2.32. The van der Waals surface area contributed by atoms with E-state index in [0.717, 1.165) is 12.0 Å². The van der Waals surface area contributed by atoms with Crippen LogP contribution in [0.2, 0.25) is 0 Å². The van der Waals surface area contributed by atoms with Crippen molar-refractivity contribution in [3.8, 4) is 0 Å². The lowest BCUT2D eigenvalue weighted by atomic mass is 9.78. The van der Waals surface area contributed by atoms with Crippen LogP contribution in [0.15, 0.2) is 42.5 Å². The molecule has 0 radical (unpaired) electrons. The van der Waals surface area contributed by atoms with Crippen molar-refractivity contribution in [3.63, 3.8) is 0 Å². The topological polar surface area (TPSA) is 26.3 Å². The maximum atomic E-state index is 12.7. The first kappa shape index (κ1) is 16.6. The number of hydrogen-bond donors (Lipinski definition) is 0. The van der Waals surface area contributed by atoms with Gasteiger partial charge in [0.15, 0.2) is 0 Å². The van der Waals surface area contributed by atoms with Crippen molar-refractivity contribution in [2.24, 2.45) is 17.8 Å². The van der Waals surface area contributed by atoms with Crippen molar-refractivity contribution in [1.29, 1.82) is 0 Å². The zero-order valence-electron chi connectivity index (χ0n) is 13.9. The van der Waals surface area contributed by atoms with Crippen LogP contribution in [0.1, 0.15) is 31.2 Å². The summed E-state index contributed by atoms with van der Waals surface area (Å²) in [4.78, 5) is 12.7. The Balaban J connectivity index is 1.41. The Labute approximate surface area is 152 Å². The van der Waals surface area contributed by atoms with E-state index in [2.05, 4.69) is 35.7 Å². The molecule has 128 valence electrons. The van der Waals surface area contributed by atoms with Crippen LogP contribution >= 0.6 is 23.5 Å². The molecule has 0 unspecified atom stereocenters. The zero-order valence-corrected chi connectivity index (χ0v) is 15.5. The van der Waals surface area contributed by atoms with Crippen LogP contribution in [0.5, 0.6) is 0 Å². The van der Waals surface area contributed by atoms with Gasteiger partial charge in [0.05, 0.1) is 10.00 Å². The molecule has 0 amide bonds. The molecule has 3 aliphatic rings. The van der Waals surface area contributed by atoms with E-state index in [0.29, 0.717) is 22.5 Å². The third-order valence-corrected chi connectivity index (χ3v) is 8.89. The van der Waals surface area contributed by atoms with Gasteiger partial charge in [-0.3, -0.25) is 4.79 Å². The number of benzene rings is 1. The van der Waals surface area contributed by atoms with Gasteiger partial charge in [0.1, 0.15) is 6.61 Å². The van der Waals surface area contributed by atoms with Crippen molar-refractivity contribution in [2.75, 3.05) is 11.5 Å². The van der Waals surface area contributed by atoms with E-state index in [-0.39, 0.29) is 11.9 Å². The highest BCUT2D eigenvalue weighted by Gasteiger charge is 2.51. The maximum Gasteiger partial charge on any atom is 0.309 e. The summed E-state index contributed by atoms with van der Waals surface area (Å²) in [5, 5.41) is 0. The first-order valence-electron chi connectivity index (χ1n) is 8.91. The van der Waals surface area contributed by atoms with E-state index < -0.39 is 0 Å². The number of rotatable bonds is 3. The molecule has 3 atom stereocenters. The van der Waals surface area contributed by atoms with Gasteiger partial charge in [-0.25, -0.2) is 0 Å². The minimum absolute atomic E-state index is 0.000984. The third-order valence-electron chi connectivity index (χ3n) is 5.48. The van der Waals surface area contributed by atoms with Crippen molar-refractivity contribution >= 4 is 29.5 Å². The summed E-state index contributed by atoms with van der Waals surface area (Å²) in [5.41, 5.74) is 1.06. The molecule has 1 aliphatic heterocycles. The minimum Gasteiger partial charge on any atom is -0.461 e. The fraction of sp³-hybridized carbons (Fsp3) is 0.550. The molecular weight excluding hydrogens is 336 g/mol. The van der Waals surface area contributed by atoms with Gasteiger partial charge in [-0.05, 0) is 54.6 Å². The number of carbonyl (C=O) groups excluding carboxylic acids is 1. The maximum absolute atomic E-state index is 12.7. The summed E-state index contributed by atoms with van der Waals surface area (Å²) in [6.45, 7) is 0.395. The van der Waals surface area contributed by atoms with Crippen LogP contribution in [-0.2, 0) is 16.1 Å². The molecule has 2 aliphatic carbocycles. The lowest BCUT2D eigenvalue weighted by molar-refractivity contribution is -0.152. The number of carbonyl (C=O) groups is 1. The van der Waals surface area contributed by atoms with Crippen molar-refractivity contribution in [3.05, 3.63) is 48.0 Å². The van der Waals surface area contributed by atoms with Crippen LogP contribution in [0.3, 0.4) is 0 Å². The first-order valence-corrected chi connectivity index (χ1v) is 10.9. The Kier molecular flexibility index (Phi) is 4.95. The standard InChI is InChI=1S/C20H24O2S2/c21-19(22-14-15-6-2-1-3-7-15)17-9-4-8-16-12-20(13-18(16)17)23-10-5-11-24-20/h1-4,6-8,16-18H,5,9-14H2/t16-,17-,18-/m0/s1. The van der Waals surface area contributed by atoms with E-state index in [1.54, 1.807) is 0 Å². The average molecular weight is 361 g/mol. The Morgan fingerprint density at radius 2 is 1.96 bits per heavy atom. The molecule has 2 fully saturated rings. The van der Waals surface area contributed by atoms with E-state index >= 15 is 0 Å². The van der Waals surface area contributed by atoms with Crippen LogP contribution in [0.25, 0.3) is 0 Å². The molecule has 1 saturated carbocycles. The number of ether oxygens (including phenoxy) is 1. The quantitative estimate of drug-likeness (QED) is 0.566. The molecule has 0 bridgehead atoms. The monoisotopic (exact) mass is 360 g/mol. The molecule has 1 saturated heterocycles. The van der Waals surface area contributed by atoms with Gasteiger partial charge in [0, 0.05) is 0 Å². The van der Waals surface area contributed by atoms with E-state index in [4.69, 9.17) is 4.74 Å². The average Bonchev–Trinajstić information content (AvgIpc) is 2.98. The van der Waals surface area contributed by atoms with Gasteiger partial charge in [-0.1, -0.05) is 42.5 Å². The van der Waals surface area contributed by atoms with Gasteiger partial charge in [-0.2, -0.15) is 0 Å². The number of thioether (sulfide) groups is 2. The summed E-state index contributed by atoms with van der Waals surface area (Å²) in [6.07, 6.45) is 9.16. The molecule has 1 spiro atoms. The fourth-order valence-electron chi connectivity index (χ4n) is 4.29. The van der Waals surface area contributed by atoms with Crippen LogP contribution in [0, 0.1) is 17.8 Å². The van der Waals surface area contributed by atoms with Gasteiger partial charge >= 0.3 is 5.97 Å². The Morgan fingerprint density at radius 3 is 2.75 bits per heavy atom. The number of hydrogen-bond acceptors (Lipinski definition) is 4. The smallest absolute Gasteiger partial charge is 0.309 e. The number of fused-ring (bicyclic) bond motifs is 1. The van der Waals surface area contributed by atoms with E-state index in [1.807, 2.05) is 30.3 Å². The van der Waals surface area contributed by atoms with Gasteiger partial charge in [0.2, 0.25) is 0 Å². The molecule has 4 heteroatoms. The molecule has 1 heterocycles. The summed E-state index contributed by atoms with van der Waals surface area (Å²) in [7, 11) is 0. The molecule has 0 N–H and O–H groups in total. The highest BCUT2D eigenvalue weighted by Crippen LogP contribution is 2.59. The minimum atomic E-state index is 0.000984. The van der Waals surface area contributed by atoms with Gasteiger partial charge in [0.25, 0.3) is 0 Å². The Morgan fingerprint density at radius 1 is 1.17 bits per heavy atom. The van der Waals surface area contributed by atoms with Crippen LogP contribution in [-0.4, -0.2) is 21.6 Å². The summed E-state index contributed by atoms with van der Waals surface area (Å²) < 4.78 is 6.03. The van der Waals surface area contributed by atoms with Gasteiger partial charge in [-0.15, -0.1) is 23.5 Å². The second-order valence-corrected chi connectivity index (χ2v) is 10.3. The Bertz CT molecular complexity index is 607. The molecule has 0 aromatic heterocycles. The van der Waals surface area contributed by atoms with Crippen molar-refractivity contribution in [1.82, 2.24) is 0 Å². The van der Waals surface area contributed by atoms with Gasteiger partial charge < -0.3 is 4.74 Å². The highest BCUT2D eigenvalue weighted by atomic mass is 32.2. The molecule has 2 nitrogen and oxygen atoms in total. The second-order valence-electron chi connectivity index (χ2n) is 7.06. The molecular formula is C20H24O2S2. The SMILES string of the molecule is O=C(OCc1ccccc1)[C@H]1CC=C[C@H]2CC3(C[C@H]12)SCCCS3. The first-order chi connectivity index (χ1) is 11.8. The predicted octanol–water partition coefficient (Wildman–Crippen LogP) is 4.90. The summed E-state index contributed by atoms with van der Waals surface area (Å²) in [6, 6.07) is 9.98. The zero-order chi connectivity index (χ0) is 16.4. The fourth-order valence-corrected chi connectivity index (χ4v) is 7.87. The molecule has 1 aromatic rings. The third kappa shape index (κ3) is 3.41. The molecule has 1 aromatic carbocycles. The normalized spacial score (nSPS) is 30.9. The van der Waals surface area contributed by atoms with Crippen LogP contribution in [0.4, 0.5) is 0 Å². The summed E-state index contributed by atoms with van der Waals surface area (Å²) in [5.74, 6) is 3.63. The van der Waals surface area contributed by atoms with Crippen LogP contribution < -0.4 is 0 Å². The second kappa shape index (κ2) is 7.17. The number of allylic oxidation sites excluding steroid dienone is 2. The summed E-state index contributed by atoms with van der Waals surface area (Å²) >= 11 is 4.28.